The van der Waals surface area contributed by atoms with Crippen molar-refractivity contribution in [3.8, 4) is 5.69 Å². The van der Waals surface area contributed by atoms with Crippen molar-refractivity contribution in [1.82, 2.24) is 9.13 Å². The first-order valence-electron chi connectivity index (χ1n) is 6.53. The number of benzene rings is 2. The van der Waals surface area contributed by atoms with Gasteiger partial charge in [-0.1, -0.05) is 30.8 Å². The summed E-state index contributed by atoms with van der Waals surface area (Å²) in [5.41, 5.74) is 5.14. The maximum absolute atomic E-state index is 12.8. The number of nitrogens with one attached hydrogen (secondary N) is 1. The van der Waals surface area contributed by atoms with Crippen LogP contribution in [0, 0.1) is 0 Å². The Morgan fingerprint density at radius 3 is 2.38 bits per heavy atom. The second-order valence-electron chi connectivity index (χ2n) is 4.81. The molecule has 0 amide bonds. The fourth-order valence-corrected chi connectivity index (χ4v) is 2.51. The molecule has 1 heterocycles. The van der Waals surface area contributed by atoms with E-state index in [1.807, 2.05) is 30.3 Å². The van der Waals surface area contributed by atoms with E-state index in [0.717, 1.165) is 11.0 Å². The van der Waals surface area contributed by atoms with Crippen molar-refractivity contribution in [3.63, 3.8) is 0 Å². The maximum Gasteiger partial charge on any atom is 0.338 e. The Morgan fingerprint density at radius 1 is 1.10 bits per heavy atom. The molecule has 0 aliphatic carbocycles. The standard InChI is InChI=1S/C16H15N3O2/c1-11(2)18-14-9-5-6-10-15(14)19(16(18)20)13-8-4-3-7-12(13)17-21/h3-10,17,21H,1H2,2H3. The molecule has 0 aliphatic heterocycles. The number of allylic oxidation sites excluding steroid dienone is 1. The van der Waals surface area contributed by atoms with Crippen LogP contribution in [-0.4, -0.2) is 14.3 Å². The average Bonchev–Trinajstić information content (AvgIpc) is 2.79. The van der Waals surface area contributed by atoms with Gasteiger partial charge in [-0.05, 0) is 31.2 Å². The normalized spacial score (nSPS) is 10.8. The van der Waals surface area contributed by atoms with Crippen LogP contribution in [0.1, 0.15) is 6.92 Å². The Morgan fingerprint density at radius 2 is 1.71 bits per heavy atom. The zero-order valence-electron chi connectivity index (χ0n) is 11.6. The van der Waals surface area contributed by atoms with Crippen molar-refractivity contribution in [3.05, 3.63) is 65.6 Å². The van der Waals surface area contributed by atoms with E-state index in [-0.39, 0.29) is 5.69 Å². The monoisotopic (exact) mass is 281 g/mol. The third-order valence-corrected chi connectivity index (χ3v) is 3.39. The summed E-state index contributed by atoms with van der Waals surface area (Å²) in [5.74, 6) is 0. The smallest absolute Gasteiger partial charge is 0.291 e. The lowest BCUT2D eigenvalue weighted by atomic mass is 10.2. The minimum atomic E-state index is -0.216. The van der Waals surface area contributed by atoms with Gasteiger partial charge >= 0.3 is 5.69 Å². The molecule has 0 fully saturated rings. The van der Waals surface area contributed by atoms with Crippen LogP contribution in [-0.2, 0) is 0 Å². The molecule has 5 heteroatoms. The quantitative estimate of drug-likeness (QED) is 0.725. The molecule has 0 aliphatic rings. The zero-order chi connectivity index (χ0) is 15.0. The van der Waals surface area contributed by atoms with E-state index in [9.17, 15) is 10.0 Å². The van der Waals surface area contributed by atoms with Gasteiger partial charge in [-0.25, -0.2) is 4.79 Å². The molecular formula is C16H15N3O2. The Bertz CT molecular complexity index is 890. The number of para-hydroxylation sites is 4. The van der Waals surface area contributed by atoms with Gasteiger partial charge in [-0.2, -0.15) is 0 Å². The van der Waals surface area contributed by atoms with Crippen LogP contribution in [0.2, 0.25) is 0 Å². The number of nitrogens with zero attached hydrogens (tertiary/aromatic N) is 2. The predicted octanol–water partition coefficient (Wildman–Crippen LogP) is 3.08. The molecule has 2 N–H and O–H groups in total. The highest BCUT2D eigenvalue weighted by Crippen LogP contribution is 2.24. The van der Waals surface area contributed by atoms with E-state index in [1.54, 1.807) is 34.3 Å². The molecule has 1 aromatic heterocycles. The molecule has 0 spiro atoms. The summed E-state index contributed by atoms with van der Waals surface area (Å²) >= 11 is 0. The van der Waals surface area contributed by atoms with Crippen molar-refractivity contribution < 1.29 is 5.21 Å². The lowest BCUT2D eigenvalue weighted by Crippen LogP contribution is -2.22. The Balaban J connectivity index is 2.46. The first-order valence-corrected chi connectivity index (χ1v) is 6.53. The molecule has 3 rings (SSSR count). The number of hydrogen-bond acceptors (Lipinski definition) is 3. The van der Waals surface area contributed by atoms with Gasteiger partial charge in [-0.15, -0.1) is 0 Å². The van der Waals surface area contributed by atoms with E-state index in [1.165, 1.54) is 0 Å². The average molecular weight is 281 g/mol. The number of hydrogen-bond donors (Lipinski definition) is 2. The number of anilines is 1. The summed E-state index contributed by atoms with van der Waals surface area (Å²) in [6, 6.07) is 14.6. The van der Waals surface area contributed by atoms with Gasteiger partial charge in [0.2, 0.25) is 0 Å². The maximum atomic E-state index is 12.8. The molecule has 0 unspecified atom stereocenters. The van der Waals surface area contributed by atoms with Gasteiger partial charge in [0.25, 0.3) is 0 Å². The molecule has 0 saturated carbocycles. The van der Waals surface area contributed by atoms with Crippen molar-refractivity contribution >= 4 is 22.4 Å². The topological polar surface area (TPSA) is 59.2 Å². The molecule has 0 atom stereocenters. The van der Waals surface area contributed by atoms with Crippen LogP contribution in [0.25, 0.3) is 22.4 Å². The molecule has 21 heavy (non-hydrogen) atoms. The minimum absolute atomic E-state index is 0.216. The lowest BCUT2D eigenvalue weighted by Gasteiger charge is -2.08. The van der Waals surface area contributed by atoms with Crippen LogP contribution in [0.3, 0.4) is 0 Å². The first kappa shape index (κ1) is 13.2. The molecular weight excluding hydrogens is 266 g/mol. The van der Waals surface area contributed by atoms with E-state index in [0.29, 0.717) is 17.1 Å². The van der Waals surface area contributed by atoms with E-state index in [4.69, 9.17) is 0 Å². The van der Waals surface area contributed by atoms with E-state index >= 15 is 0 Å². The van der Waals surface area contributed by atoms with Gasteiger partial charge < -0.3 is 0 Å². The SMILES string of the molecule is C=C(C)n1c(=O)n(-c2ccccc2NO)c2ccccc21. The Labute approximate surface area is 121 Å². The van der Waals surface area contributed by atoms with Gasteiger partial charge in [-0.3, -0.25) is 19.8 Å². The molecule has 0 radical (unpaired) electrons. The molecule has 2 aromatic carbocycles. The van der Waals surface area contributed by atoms with Gasteiger partial charge in [0, 0.05) is 5.70 Å². The summed E-state index contributed by atoms with van der Waals surface area (Å²) in [6.07, 6.45) is 0. The molecule has 5 nitrogen and oxygen atoms in total. The summed E-state index contributed by atoms with van der Waals surface area (Å²) < 4.78 is 3.12. The number of imidazole rings is 1. The van der Waals surface area contributed by atoms with Gasteiger partial charge in [0.05, 0.1) is 22.4 Å². The molecule has 0 saturated heterocycles. The summed E-state index contributed by atoms with van der Waals surface area (Å²) in [7, 11) is 0. The van der Waals surface area contributed by atoms with E-state index < -0.39 is 0 Å². The van der Waals surface area contributed by atoms with Crippen LogP contribution in [0.15, 0.2) is 59.9 Å². The Kier molecular flexibility index (Phi) is 3.12. The fourth-order valence-electron chi connectivity index (χ4n) is 2.51. The first-order chi connectivity index (χ1) is 10.1. The zero-order valence-corrected chi connectivity index (χ0v) is 11.6. The second-order valence-corrected chi connectivity index (χ2v) is 4.81. The number of aromatic nitrogens is 2. The summed E-state index contributed by atoms with van der Waals surface area (Å²) in [5, 5.41) is 9.27. The van der Waals surface area contributed by atoms with E-state index in [2.05, 4.69) is 12.1 Å². The van der Waals surface area contributed by atoms with Crippen LogP contribution >= 0.6 is 0 Å². The fraction of sp³-hybridized carbons (Fsp3) is 0.0625. The summed E-state index contributed by atoms with van der Waals surface area (Å²) in [4.78, 5) is 12.8. The third kappa shape index (κ3) is 1.95. The Hall–Kier alpha value is -2.79. The van der Waals surface area contributed by atoms with Crippen LogP contribution < -0.4 is 11.2 Å². The van der Waals surface area contributed by atoms with Gasteiger partial charge in [0.1, 0.15) is 0 Å². The molecule has 106 valence electrons. The van der Waals surface area contributed by atoms with Crippen molar-refractivity contribution in [2.24, 2.45) is 0 Å². The van der Waals surface area contributed by atoms with Crippen molar-refractivity contribution in [1.29, 1.82) is 0 Å². The highest BCUT2D eigenvalue weighted by atomic mass is 16.5. The van der Waals surface area contributed by atoms with Crippen LogP contribution in [0.4, 0.5) is 5.69 Å². The van der Waals surface area contributed by atoms with Gasteiger partial charge in [0.15, 0.2) is 0 Å². The largest absolute Gasteiger partial charge is 0.338 e. The second kappa shape index (κ2) is 4.96. The number of rotatable bonds is 3. The highest BCUT2D eigenvalue weighted by molar-refractivity contribution is 5.82. The molecule has 3 aromatic rings. The highest BCUT2D eigenvalue weighted by Gasteiger charge is 2.16. The number of fused-ring (bicyclic) bond motifs is 1. The minimum Gasteiger partial charge on any atom is -0.291 e. The van der Waals surface area contributed by atoms with Crippen molar-refractivity contribution in [2.75, 3.05) is 5.48 Å². The summed E-state index contributed by atoms with van der Waals surface area (Å²) in [6.45, 7) is 5.66. The predicted molar refractivity (Wildman–Crippen MR) is 83.9 cm³/mol. The van der Waals surface area contributed by atoms with Crippen LogP contribution in [0.5, 0.6) is 0 Å². The third-order valence-electron chi connectivity index (χ3n) is 3.39. The van der Waals surface area contributed by atoms with Crippen molar-refractivity contribution in [2.45, 2.75) is 6.92 Å². The lowest BCUT2D eigenvalue weighted by molar-refractivity contribution is 0.388. The molecule has 0 bridgehead atoms.